The van der Waals surface area contributed by atoms with Crippen LogP contribution in [0.4, 0.5) is 10.7 Å². The second-order valence-electron chi connectivity index (χ2n) is 4.49. The average Bonchev–Trinajstić information content (AvgIpc) is 2.62. The molecule has 108 valence electrons. The summed E-state index contributed by atoms with van der Waals surface area (Å²) in [4.78, 5) is 11.8. The maximum Gasteiger partial charge on any atom is 0.180 e. The van der Waals surface area contributed by atoms with Gasteiger partial charge in [0.25, 0.3) is 0 Å². The molecule has 1 aromatic rings. The molecule has 1 heterocycles. The number of nitrogens with one attached hydrogen (secondary N) is 1. The lowest BCUT2D eigenvalue weighted by Gasteiger charge is -2.15. The predicted molar refractivity (Wildman–Crippen MR) is 79.8 cm³/mol. The van der Waals surface area contributed by atoms with Crippen LogP contribution < -0.4 is 11.1 Å². The lowest BCUT2D eigenvalue weighted by molar-refractivity contribution is 0.102. The number of sulfone groups is 1. The zero-order valence-electron chi connectivity index (χ0n) is 11.6. The van der Waals surface area contributed by atoms with E-state index in [-0.39, 0.29) is 22.4 Å². The molecule has 5 nitrogen and oxygen atoms in total. The zero-order chi connectivity index (χ0) is 14.8. The molecule has 0 bridgehead atoms. The number of nitrogens with two attached hydrogens (primary N) is 1. The Labute approximate surface area is 118 Å². The van der Waals surface area contributed by atoms with E-state index in [1.165, 1.54) is 6.92 Å². The summed E-state index contributed by atoms with van der Waals surface area (Å²) >= 11 is 1.12. The topological polar surface area (TPSA) is 89.3 Å². The normalized spacial score (nSPS) is 11.8. The third-order valence-corrected chi connectivity index (χ3v) is 5.44. The lowest BCUT2D eigenvalue weighted by Crippen LogP contribution is -2.17. The number of nitrogen functional groups attached to an aromatic ring is 1. The molecule has 7 heteroatoms. The molecule has 0 atom stereocenters. The second kappa shape index (κ2) is 5.92. The van der Waals surface area contributed by atoms with Crippen molar-refractivity contribution in [2.75, 3.05) is 17.3 Å². The molecule has 19 heavy (non-hydrogen) atoms. The van der Waals surface area contributed by atoms with Crippen molar-refractivity contribution in [2.24, 2.45) is 0 Å². The molecule has 0 aliphatic rings. The van der Waals surface area contributed by atoms with Gasteiger partial charge in [-0.1, -0.05) is 13.8 Å². The first kappa shape index (κ1) is 16.0. The molecule has 0 aliphatic heterocycles. The number of Topliss-reactive ketones (excluding diaryl/α,β-unsaturated/α-hetero) is 1. The minimum absolute atomic E-state index is 0.0506. The molecule has 0 amide bonds. The SMILES string of the molecule is CCC(CC)Nc1sc(C(C)=O)c(N)c1S(C)(=O)=O. The fraction of sp³-hybridized carbons (Fsp3) is 0.583. The molecule has 3 N–H and O–H groups in total. The third-order valence-electron chi connectivity index (χ3n) is 2.91. The fourth-order valence-corrected chi connectivity index (χ4v) is 4.36. The summed E-state index contributed by atoms with van der Waals surface area (Å²) in [6, 6.07) is 0.165. The highest BCUT2D eigenvalue weighted by Gasteiger charge is 2.26. The molecule has 0 saturated heterocycles. The molecule has 0 saturated carbocycles. The van der Waals surface area contributed by atoms with E-state index in [0.717, 1.165) is 30.4 Å². The predicted octanol–water partition coefficient (Wildman–Crippen LogP) is 2.54. The minimum Gasteiger partial charge on any atom is -0.396 e. The van der Waals surface area contributed by atoms with E-state index in [9.17, 15) is 13.2 Å². The maximum absolute atomic E-state index is 11.8. The minimum atomic E-state index is -3.47. The molecule has 0 radical (unpaired) electrons. The van der Waals surface area contributed by atoms with E-state index in [0.29, 0.717) is 9.88 Å². The van der Waals surface area contributed by atoms with E-state index in [2.05, 4.69) is 5.32 Å². The summed E-state index contributed by atoms with van der Waals surface area (Å²) in [5, 5.41) is 3.65. The number of thiophene rings is 1. The van der Waals surface area contributed by atoms with Gasteiger partial charge in [0, 0.05) is 19.2 Å². The van der Waals surface area contributed by atoms with Gasteiger partial charge in [-0.3, -0.25) is 4.79 Å². The first-order valence-electron chi connectivity index (χ1n) is 6.12. The van der Waals surface area contributed by atoms with E-state index < -0.39 is 9.84 Å². The largest absolute Gasteiger partial charge is 0.396 e. The van der Waals surface area contributed by atoms with Crippen molar-refractivity contribution in [3.05, 3.63) is 4.88 Å². The lowest BCUT2D eigenvalue weighted by atomic mass is 10.2. The smallest absolute Gasteiger partial charge is 0.180 e. The van der Waals surface area contributed by atoms with Crippen molar-refractivity contribution >= 4 is 37.6 Å². The Balaban J connectivity index is 3.38. The van der Waals surface area contributed by atoms with E-state index in [1.54, 1.807) is 0 Å². The highest BCUT2D eigenvalue weighted by atomic mass is 32.2. The van der Waals surface area contributed by atoms with Gasteiger partial charge in [-0.25, -0.2) is 8.42 Å². The second-order valence-corrected chi connectivity index (χ2v) is 7.46. The summed E-state index contributed by atoms with van der Waals surface area (Å²) < 4.78 is 23.7. The van der Waals surface area contributed by atoms with E-state index in [1.807, 2.05) is 13.8 Å². The van der Waals surface area contributed by atoms with Crippen LogP contribution in [0.2, 0.25) is 0 Å². The van der Waals surface area contributed by atoms with Crippen molar-refractivity contribution in [2.45, 2.75) is 44.6 Å². The molecule has 0 fully saturated rings. The first-order chi connectivity index (χ1) is 8.72. The Hall–Kier alpha value is -1.08. The molecule has 1 rings (SSSR count). The average molecular weight is 304 g/mol. The number of hydrogen-bond donors (Lipinski definition) is 2. The van der Waals surface area contributed by atoms with Crippen LogP contribution in [0, 0.1) is 0 Å². The Morgan fingerprint density at radius 1 is 1.37 bits per heavy atom. The summed E-state index contributed by atoms with van der Waals surface area (Å²) in [5.41, 5.74) is 5.88. The molecular weight excluding hydrogens is 284 g/mol. The van der Waals surface area contributed by atoms with Gasteiger partial charge in [0.1, 0.15) is 9.90 Å². The Kier molecular flexibility index (Phi) is 4.98. The van der Waals surface area contributed by atoms with Crippen LogP contribution in [0.5, 0.6) is 0 Å². The van der Waals surface area contributed by atoms with Crippen LogP contribution in [-0.2, 0) is 9.84 Å². The quantitative estimate of drug-likeness (QED) is 0.788. The van der Waals surface area contributed by atoms with Gasteiger partial charge in [0.15, 0.2) is 15.6 Å². The number of carbonyl (C=O) groups excluding carboxylic acids is 1. The van der Waals surface area contributed by atoms with Crippen LogP contribution >= 0.6 is 11.3 Å². The summed E-state index contributed by atoms with van der Waals surface area (Å²) in [5.74, 6) is -0.218. The molecule has 1 aromatic heterocycles. The van der Waals surface area contributed by atoms with Gasteiger partial charge in [0.05, 0.1) is 10.6 Å². The van der Waals surface area contributed by atoms with Gasteiger partial charge < -0.3 is 11.1 Å². The number of carbonyl (C=O) groups is 1. The highest BCUT2D eigenvalue weighted by molar-refractivity contribution is 7.91. The van der Waals surface area contributed by atoms with Crippen molar-refractivity contribution in [1.29, 1.82) is 0 Å². The van der Waals surface area contributed by atoms with Gasteiger partial charge >= 0.3 is 0 Å². The van der Waals surface area contributed by atoms with Crippen molar-refractivity contribution in [1.82, 2.24) is 0 Å². The number of rotatable bonds is 6. The van der Waals surface area contributed by atoms with E-state index in [4.69, 9.17) is 5.73 Å². The maximum atomic E-state index is 11.8. The molecule has 0 aliphatic carbocycles. The molecule has 0 spiro atoms. The Morgan fingerprint density at radius 3 is 2.26 bits per heavy atom. The Morgan fingerprint density at radius 2 is 1.89 bits per heavy atom. The fourth-order valence-electron chi connectivity index (χ4n) is 1.83. The van der Waals surface area contributed by atoms with Gasteiger partial charge in [-0.05, 0) is 12.8 Å². The van der Waals surface area contributed by atoms with Crippen LogP contribution in [0.25, 0.3) is 0 Å². The van der Waals surface area contributed by atoms with Crippen molar-refractivity contribution in [3.8, 4) is 0 Å². The number of ketones is 1. The molecule has 0 unspecified atom stereocenters. The van der Waals surface area contributed by atoms with Crippen LogP contribution in [0.1, 0.15) is 43.3 Å². The summed E-state index contributed by atoms with van der Waals surface area (Å²) in [6.07, 6.45) is 2.84. The monoisotopic (exact) mass is 304 g/mol. The number of hydrogen-bond acceptors (Lipinski definition) is 6. The highest BCUT2D eigenvalue weighted by Crippen LogP contribution is 2.40. The van der Waals surface area contributed by atoms with Crippen LogP contribution in [0.15, 0.2) is 4.90 Å². The van der Waals surface area contributed by atoms with Gasteiger partial charge in [-0.2, -0.15) is 0 Å². The van der Waals surface area contributed by atoms with Crippen LogP contribution in [-0.4, -0.2) is 26.5 Å². The molecular formula is C12H20N2O3S2. The van der Waals surface area contributed by atoms with Crippen molar-refractivity contribution in [3.63, 3.8) is 0 Å². The Bertz CT molecular complexity index is 572. The van der Waals surface area contributed by atoms with Crippen LogP contribution in [0.3, 0.4) is 0 Å². The van der Waals surface area contributed by atoms with Gasteiger partial charge in [-0.15, -0.1) is 11.3 Å². The summed E-state index contributed by atoms with van der Waals surface area (Å²) in [6.45, 7) is 5.42. The summed E-state index contributed by atoms with van der Waals surface area (Å²) in [7, 11) is -3.47. The first-order valence-corrected chi connectivity index (χ1v) is 8.82. The standard InChI is InChI=1S/C12H20N2O3S2/c1-5-8(6-2)14-12-11(19(4,16)17)9(13)10(18-12)7(3)15/h8,14H,5-6,13H2,1-4H3. The number of anilines is 2. The van der Waals surface area contributed by atoms with Crippen molar-refractivity contribution < 1.29 is 13.2 Å². The third kappa shape index (κ3) is 3.48. The zero-order valence-corrected chi connectivity index (χ0v) is 13.2. The molecule has 0 aromatic carbocycles. The van der Waals surface area contributed by atoms with E-state index >= 15 is 0 Å². The van der Waals surface area contributed by atoms with Gasteiger partial charge in [0.2, 0.25) is 0 Å².